The lowest BCUT2D eigenvalue weighted by Crippen LogP contribution is -2.55. The monoisotopic (exact) mass is 562 g/mol. The minimum atomic E-state index is 0. The molecule has 2 heterocycles. The summed E-state index contributed by atoms with van der Waals surface area (Å²) in [6, 6.07) is 0. The van der Waals surface area contributed by atoms with Gasteiger partial charge in [-0.15, -0.1) is 24.0 Å². The Labute approximate surface area is 211 Å². The van der Waals surface area contributed by atoms with Gasteiger partial charge < -0.3 is 20.0 Å². The number of likely N-dealkylation sites (tertiary alicyclic amines) is 1. The fourth-order valence-corrected chi connectivity index (χ4v) is 4.73. The molecular weight excluding hydrogens is 519 g/mol. The van der Waals surface area contributed by atoms with Crippen molar-refractivity contribution in [1.29, 1.82) is 0 Å². The van der Waals surface area contributed by atoms with Gasteiger partial charge in [-0.05, 0) is 38.0 Å². The first-order valence-corrected chi connectivity index (χ1v) is 12.3. The van der Waals surface area contributed by atoms with Gasteiger partial charge in [-0.3, -0.25) is 14.5 Å². The molecule has 3 rings (SSSR count). The molecule has 0 radical (unpaired) electrons. The summed E-state index contributed by atoms with van der Waals surface area (Å²) in [4.78, 5) is 37.5. The van der Waals surface area contributed by atoms with E-state index in [2.05, 4.69) is 20.1 Å². The summed E-state index contributed by atoms with van der Waals surface area (Å²) in [6.07, 6.45) is 10.1. The molecule has 0 aromatic carbocycles. The molecule has 0 unspecified atom stereocenters. The Hall–Kier alpha value is -1.10. The lowest BCUT2D eigenvalue weighted by atomic mass is 9.89. The molecule has 0 spiro atoms. The molecular formula is C23H43IN6O2. The van der Waals surface area contributed by atoms with Crippen LogP contribution in [0.15, 0.2) is 4.99 Å². The van der Waals surface area contributed by atoms with E-state index in [4.69, 9.17) is 0 Å². The zero-order valence-corrected chi connectivity index (χ0v) is 22.4. The Morgan fingerprint density at radius 3 is 2.12 bits per heavy atom. The van der Waals surface area contributed by atoms with Gasteiger partial charge >= 0.3 is 0 Å². The molecule has 1 saturated carbocycles. The van der Waals surface area contributed by atoms with Gasteiger partial charge in [-0.25, -0.2) is 4.99 Å². The van der Waals surface area contributed by atoms with Gasteiger partial charge in [0.05, 0.1) is 6.54 Å². The average Bonchev–Trinajstić information content (AvgIpc) is 2.80. The topological polar surface area (TPSA) is 71.5 Å². The van der Waals surface area contributed by atoms with Crippen LogP contribution in [0, 0.1) is 5.92 Å². The Balaban J connectivity index is 0.00000363. The number of piperazine rings is 1. The summed E-state index contributed by atoms with van der Waals surface area (Å²) in [5, 5.41) is 3.57. The van der Waals surface area contributed by atoms with Gasteiger partial charge in [0.15, 0.2) is 5.96 Å². The van der Waals surface area contributed by atoms with E-state index >= 15 is 0 Å². The average molecular weight is 563 g/mol. The predicted octanol–water partition coefficient (Wildman–Crippen LogP) is 1.85. The highest BCUT2D eigenvalue weighted by Gasteiger charge is 2.25. The lowest BCUT2D eigenvalue weighted by molar-refractivity contribution is -0.133. The van der Waals surface area contributed by atoms with E-state index in [1.165, 1.54) is 38.5 Å². The molecule has 0 bridgehead atoms. The van der Waals surface area contributed by atoms with E-state index in [0.29, 0.717) is 12.5 Å². The maximum atomic E-state index is 12.6. The first-order valence-electron chi connectivity index (χ1n) is 12.3. The van der Waals surface area contributed by atoms with E-state index in [1.807, 2.05) is 4.90 Å². The number of piperidine rings is 1. The summed E-state index contributed by atoms with van der Waals surface area (Å²) in [6.45, 7) is 6.84. The van der Waals surface area contributed by atoms with Crippen molar-refractivity contribution < 1.29 is 9.59 Å². The highest BCUT2D eigenvalue weighted by molar-refractivity contribution is 14.0. The van der Waals surface area contributed by atoms with E-state index < -0.39 is 0 Å². The minimum absolute atomic E-state index is 0. The second-order valence-electron chi connectivity index (χ2n) is 9.52. The number of nitrogens with one attached hydrogen (secondary N) is 1. The van der Waals surface area contributed by atoms with Crippen molar-refractivity contribution in [3.8, 4) is 0 Å². The number of hydrogen-bond acceptors (Lipinski definition) is 4. The van der Waals surface area contributed by atoms with Gasteiger partial charge in [0.25, 0.3) is 0 Å². The van der Waals surface area contributed by atoms with Crippen LogP contribution in [0.1, 0.15) is 51.4 Å². The van der Waals surface area contributed by atoms with Crippen molar-refractivity contribution in [2.75, 3.05) is 73.0 Å². The summed E-state index contributed by atoms with van der Waals surface area (Å²) in [5.41, 5.74) is 0. The number of likely N-dealkylation sites (N-methyl/N-ethyl adjacent to an activating group) is 1. The number of aliphatic imine (C=N–C) groups is 1. The normalized spacial score (nSPS) is 21.1. The molecule has 1 N–H and O–H groups in total. The molecule has 1 aliphatic carbocycles. The summed E-state index contributed by atoms with van der Waals surface area (Å²) < 4.78 is 0. The van der Waals surface area contributed by atoms with Gasteiger partial charge in [0, 0.05) is 59.9 Å². The van der Waals surface area contributed by atoms with Crippen LogP contribution in [-0.4, -0.2) is 110 Å². The van der Waals surface area contributed by atoms with Gasteiger partial charge in [0.1, 0.15) is 6.54 Å². The number of halogens is 1. The molecule has 8 nitrogen and oxygen atoms in total. The van der Waals surface area contributed by atoms with Gasteiger partial charge in [-0.2, -0.15) is 0 Å². The van der Waals surface area contributed by atoms with Crippen molar-refractivity contribution >= 4 is 41.8 Å². The number of carbonyl (C=O) groups excluding carboxylic acids is 2. The minimum Gasteiger partial charge on any atom is -0.356 e. The van der Waals surface area contributed by atoms with Gasteiger partial charge in [-0.1, -0.05) is 19.3 Å². The molecule has 3 fully saturated rings. The number of nitrogens with zero attached hydrogens (tertiary/aromatic N) is 5. The first-order chi connectivity index (χ1) is 15.0. The summed E-state index contributed by atoms with van der Waals surface area (Å²) >= 11 is 0. The third-order valence-corrected chi connectivity index (χ3v) is 6.88. The van der Waals surface area contributed by atoms with E-state index in [-0.39, 0.29) is 42.3 Å². The molecule has 0 aromatic heterocycles. The maximum absolute atomic E-state index is 12.6. The quantitative estimate of drug-likeness (QED) is 0.304. The van der Waals surface area contributed by atoms with Crippen molar-refractivity contribution in [2.24, 2.45) is 10.9 Å². The van der Waals surface area contributed by atoms with Crippen LogP contribution in [-0.2, 0) is 9.59 Å². The Bertz CT molecular complexity index is 610. The maximum Gasteiger partial charge on any atom is 0.243 e. The van der Waals surface area contributed by atoms with Crippen LogP contribution in [0.4, 0.5) is 0 Å². The largest absolute Gasteiger partial charge is 0.356 e. The van der Waals surface area contributed by atoms with Crippen LogP contribution in [0.3, 0.4) is 0 Å². The van der Waals surface area contributed by atoms with Crippen LogP contribution >= 0.6 is 24.0 Å². The fourth-order valence-electron chi connectivity index (χ4n) is 4.73. The molecule has 2 aliphatic heterocycles. The zero-order valence-electron chi connectivity index (χ0n) is 20.1. The molecule has 32 heavy (non-hydrogen) atoms. The molecule has 3 aliphatic rings. The van der Waals surface area contributed by atoms with Crippen molar-refractivity contribution in [3.05, 3.63) is 0 Å². The van der Waals surface area contributed by atoms with Gasteiger partial charge in [0.2, 0.25) is 11.8 Å². The Morgan fingerprint density at radius 1 is 0.875 bits per heavy atom. The molecule has 2 saturated heterocycles. The number of amides is 2. The summed E-state index contributed by atoms with van der Waals surface area (Å²) in [5.74, 6) is 1.84. The van der Waals surface area contributed by atoms with Crippen molar-refractivity contribution in [1.82, 2.24) is 24.9 Å². The highest BCUT2D eigenvalue weighted by Crippen LogP contribution is 2.22. The van der Waals surface area contributed by atoms with E-state index in [0.717, 1.165) is 64.6 Å². The number of guanidine groups is 1. The zero-order chi connectivity index (χ0) is 22.1. The SMILES string of the molecule is CN(C)C(=O)CN=C(NCC1CCCCC1)N1CCN(CC(=O)N2CCCCC2)CC1.I. The number of rotatable bonds is 6. The lowest BCUT2D eigenvalue weighted by Gasteiger charge is -2.38. The Morgan fingerprint density at radius 2 is 1.50 bits per heavy atom. The smallest absolute Gasteiger partial charge is 0.243 e. The van der Waals surface area contributed by atoms with Crippen molar-refractivity contribution in [2.45, 2.75) is 51.4 Å². The standard InChI is InChI=1S/C23H42N6O2.HI/c1-26(2)21(30)18-25-23(24-17-20-9-5-3-6-10-20)29-15-13-27(14-16-29)19-22(31)28-11-7-4-8-12-28;/h20H,3-19H2,1-2H3,(H,24,25);1H. The molecule has 0 aromatic rings. The van der Waals surface area contributed by atoms with Crippen LogP contribution in [0.25, 0.3) is 0 Å². The third kappa shape index (κ3) is 8.68. The summed E-state index contributed by atoms with van der Waals surface area (Å²) in [7, 11) is 3.54. The fraction of sp³-hybridized carbons (Fsp3) is 0.870. The van der Waals surface area contributed by atoms with Crippen LogP contribution < -0.4 is 5.32 Å². The third-order valence-electron chi connectivity index (χ3n) is 6.88. The molecule has 9 heteroatoms. The molecule has 184 valence electrons. The Kier molecular flexibility index (Phi) is 12.1. The molecule has 2 amide bonds. The van der Waals surface area contributed by atoms with E-state index in [9.17, 15) is 9.59 Å². The second kappa shape index (κ2) is 14.2. The van der Waals surface area contributed by atoms with Crippen LogP contribution in [0.2, 0.25) is 0 Å². The number of hydrogen-bond donors (Lipinski definition) is 1. The highest BCUT2D eigenvalue weighted by atomic mass is 127. The van der Waals surface area contributed by atoms with Crippen molar-refractivity contribution in [3.63, 3.8) is 0 Å². The predicted molar refractivity (Wildman–Crippen MR) is 139 cm³/mol. The van der Waals surface area contributed by atoms with E-state index in [1.54, 1.807) is 19.0 Å². The number of carbonyl (C=O) groups is 2. The second-order valence-corrected chi connectivity index (χ2v) is 9.52. The molecule has 0 atom stereocenters. The van der Waals surface area contributed by atoms with Crippen LogP contribution in [0.5, 0.6) is 0 Å². The first kappa shape index (κ1) is 27.1.